The molecule has 2 atom stereocenters. The van der Waals surface area contributed by atoms with E-state index in [9.17, 15) is 0 Å². The molecule has 2 heterocycles. The summed E-state index contributed by atoms with van der Waals surface area (Å²) in [5, 5.41) is 5.12. The summed E-state index contributed by atoms with van der Waals surface area (Å²) in [5.41, 5.74) is 6.91. The van der Waals surface area contributed by atoms with Gasteiger partial charge in [-0.2, -0.15) is 0 Å². The summed E-state index contributed by atoms with van der Waals surface area (Å²) in [6.07, 6.45) is 2.38. The molecule has 5 rings (SSSR count). The maximum Gasteiger partial charge on any atom is 0.0735 e. The van der Waals surface area contributed by atoms with Crippen LogP contribution in [0.5, 0.6) is 0 Å². The lowest BCUT2D eigenvalue weighted by atomic mass is 9.81. The fraction of sp³-hybridized carbons (Fsp3) is 0.222. The second kappa shape index (κ2) is 4.14. The van der Waals surface area contributed by atoms with Crippen molar-refractivity contribution in [3.63, 3.8) is 0 Å². The molecule has 0 saturated heterocycles. The molecule has 3 aromatic rings. The number of hydrogen-bond donors (Lipinski definition) is 2. The van der Waals surface area contributed by atoms with Crippen molar-refractivity contribution in [1.82, 2.24) is 4.98 Å². The van der Waals surface area contributed by atoms with E-state index in [2.05, 4.69) is 68.7 Å². The number of aromatic amines is 1. The molecule has 0 bridgehead atoms. The van der Waals surface area contributed by atoms with E-state index in [0.29, 0.717) is 12.0 Å². The first-order valence-electron chi connectivity index (χ1n) is 7.47. The van der Waals surface area contributed by atoms with Gasteiger partial charge in [0.05, 0.1) is 6.04 Å². The van der Waals surface area contributed by atoms with Crippen LogP contribution >= 0.6 is 15.9 Å². The highest BCUT2D eigenvalue weighted by atomic mass is 79.9. The summed E-state index contributed by atoms with van der Waals surface area (Å²) in [5.74, 6) is 0.582. The number of aryl methyl sites for hydroxylation is 1. The summed E-state index contributed by atoms with van der Waals surface area (Å²) in [7, 11) is 0. The van der Waals surface area contributed by atoms with Gasteiger partial charge in [-0.3, -0.25) is 0 Å². The minimum atomic E-state index is 0.394. The molecule has 0 radical (unpaired) electrons. The van der Waals surface area contributed by atoms with Gasteiger partial charge in [-0.25, -0.2) is 0 Å². The van der Waals surface area contributed by atoms with Crippen LogP contribution in [0.2, 0.25) is 0 Å². The largest absolute Gasteiger partial charge is 0.376 e. The standard InChI is InChI=1S/C18H15BrN2/c19-10-5-8-16-14(9-10)13-7-6-12-11-3-1-2-4-15(11)20-17(12)18(13)21-16/h1-5,8-9,13,18,20-21H,6-7H2/t13-,18+/m1/s1. The van der Waals surface area contributed by atoms with E-state index in [0.717, 1.165) is 6.42 Å². The molecule has 0 unspecified atom stereocenters. The zero-order valence-corrected chi connectivity index (χ0v) is 13.1. The van der Waals surface area contributed by atoms with E-state index >= 15 is 0 Å². The Morgan fingerprint density at radius 2 is 2.00 bits per heavy atom. The first-order chi connectivity index (χ1) is 10.3. The molecule has 1 aliphatic heterocycles. The monoisotopic (exact) mass is 338 g/mol. The molecule has 2 aromatic carbocycles. The molecule has 1 aliphatic carbocycles. The molecule has 2 nitrogen and oxygen atoms in total. The van der Waals surface area contributed by atoms with Crippen molar-refractivity contribution in [2.24, 2.45) is 0 Å². The number of benzene rings is 2. The number of H-pyrrole nitrogens is 1. The van der Waals surface area contributed by atoms with E-state index in [1.54, 1.807) is 0 Å². The Labute approximate surface area is 131 Å². The molecule has 0 amide bonds. The molecule has 0 saturated carbocycles. The van der Waals surface area contributed by atoms with Gasteiger partial charge in [-0.1, -0.05) is 34.1 Å². The quantitative estimate of drug-likeness (QED) is 0.584. The van der Waals surface area contributed by atoms with Crippen LogP contribution in [0.15, 0.2) is 46.9 Å². The topological polar surface area (TPSA) is 27.8 Å². The molecule has 0 spiro atoms. The Kier molecular flexibility index (Phi) is 2.34. The van der Waals surface area contributed by atoms with Crippen molar-refractivity contribution in [3.8, 4) is 0 Å². The number of halogens is 1. The first-order valence-corrected chi connectivity index (χ1v) is 8.26. The maximum absolute atomic E-state index is 3.73. The Balaban J connectivity index is 1.69. The van der Waals surface area contributed by atoms with Crippen molar-refractivity contribution in [2.75, 3.05) is 5.32 Å². The first kappa shape index (κ1) is 11.9. The van der Waals surface area contributed by atoms with Crippen LogP contribution in [0, 0.1) is 0 Å². The van der Waals surface area contributed by atoms with E-state index in [-0.39, 0.29) is 0 Å². The van der Waals surface area contributed by atoms with Crippen LogP contribution in [-0.4, -0.2) is 4.98 Å². The van der Waals surface area contributed by atoms with Crippen LogP contribution in [0.1, 0.15) is 35.2 Å². The molecule has 21 heavy (non-hydrogen) atoms. The van der Waals surface area contributed by atoms with Gasteiger partial charge in [0.2, 0.25) is 0 Å². The second-order valence-corrected chi connectivity index (χ2v) is 6.98. The van der Waals surface area contributed by atoms with Gasteiger partial charge in [0.25, 0.3) is 0 Å². The summed E-state index contributed by atoms with van der Waals surface area (Å²) < 4.78 is 1.17. The van der Waals surface area contributed by atoms with Crippen LogP contribution in [-0.2, 0) is 6.42 Å². The lowest BCUT2D eigenvalue weighted by Gasteiger charge is -2.26. The van der Waals surface area contributed by atoms with Crippen LogP contribution in [0.3, 0.4) is 0 Å². The van der Waals surface area contributed by atoms with E-state index < -0.39 is 0 Å². The Morgan fingerprint density at radius 1 is 1.10 bits per heavy atom. The van der Waals surface area contributed by atoms with Crippen LogP contribution < -0.4 is 5.32 Å². The Bertz CT molecular complexity index is 865. The van der Waals surface area contributed by atoms with Crippen molar-refractivity contribution >= 4 is 32.5 Å². The summed E-state index contributed by atoms with van der Waals surface area (Å²) in [6.45, 7) is 0. The average molecular weight is 339 g/mol. The van der Waals surface area contributed by atoms with Gasteiger partial charge in [0.15, 0.2) is 0 Å². The molecule has 104 valence electrons. The zero-order valence-electron chi connectivity index (χ0n) is 11.5. The zero-order chi connectivity index (χ0) is 14.0. The Hall–Kier alpha value is -1.74. The fourth-order valence-electron chi connectivity index (χ4n) is 4.07. The maximum atomic E-state index is 3.73. The predicted octanol–water partition coefficient (Wildman–Crippen LogP) is 5.13. The van der Waals surface area contributed by atoms with Gasteiger partial charge in [0.1, 0.15) is 0 Å². The molecule has 2 aliphatic rings. The normalized spacial score (nSPS) is 22.5. The predicted molar refractivity (Wildman–Crippen MR) is 89.9 cm³/mol. The van der Waals surface area contributed by atoms with Crippen molar-refractivity contribution < 1.29 is 0 Å². The van der Waals surface area contributed by atoms with Crippen LogP contribution in [0.25, 0.3) is 10.9 Å². The third-order valence-corrected chi connectivity index (χ3v) is 5.48. The minimum absolute atomic E-state index is 0.394. The number of nitrogens with one attached hydrogen (secondary N) is 2. The van der Waals surface area contributed by atoms with E-state index in [1.165, 1.54) is 44.3 Å². The van der Waals surface area contributed by atoms with E-state index in [4.69, 9.17) is 0 Å². The molecule has 1 aromatic heterocycles. The van der Waals surface area contributed by atoms with Gasteiger partial charge in [-0.15, -0.1) is 0 Å². The fourth-order valence-corrected chi connectivity index (χ4v) is 4.45. The number of hydrogen-bond acceptors (Lipinski definition) is 1. The minimum Gasteiger partial charge on any atom is -0.376 e. The van der Waals surface area contributed by atoms with Gasteiger partial charge >= 0.3 is 0 Å². The third-order valence-electron chi connectivity index (χ3n) is 4.99. The highest BCUT2D eigenvalue weighted by Gasteiger charge is 2.38. The summed E-state index contributed by atoms with van der Waals surface area (Å²) in [4.78, 5) is 3.66. The smallest absolute Gasteiger partial charge is 0.0735 e. The third kappa shape index (κ3) is 1.58. The number of para-hydroxylation sites is 1. The number of aromatic nitrogens is 1. The molecule has 3 heteroatoms. The summed E-state index contributed by atoms with van der Waals surface area (Å²) >= 11 is 3.61. The Morgan fingerprint density at radius 3 is 2.95 bits per heavy atom. The number of rotatable bonds is 0. The molecule has 0 fully saturated rings. The number of anilines is 1. The number of fused-ring (bicyclic) bond motifs is 7. The average Bonchev–Trinajstić information content (AvgIpc) is 3.05. The van der Waals surface area contributed by atoms with Crippen molar-refractivity contribution in [3.05, 3.63) is 63.8 Å². The van der Waals surface area contributed by atoms with Crippen molar-refractivity contribution in [2.45, 2.75) is 24.8 Å². The van der Waals surface area contributed by atoms with Gasteiger partial charge in [0, 0.05) is 32.7 Å². The lowest BCUT2D eigenvalue weighted by Crippen LogP contribution is -2.19. The summed E-state index contributed by atoms with van der Waals surface area (Å²) in [6, 6.07) is 15.7. The van der Waals surface area contributed by atoms with Gasteiger partial charge < -0.3 is 10.3 Å². The lowest BCUT2D eigenvalue weighted by molar-refractivity contribution is 0.530. The van der Waals surface area contributed by atoms with Gasteiger partial charge in [-0.05, 0) is 48.2 Å². The van der Waals surface area contributed by atoms with E-state index in [1.807, 2.05) is 0 Å². The van der Waals surface area contributed by atoms with Crippen LogP contribution in [0.4, 0.5) is 5.69 Å². The SMILES string of the molecule is Brc1ccc2c(c1)[C@H]1CCc3c([nH]c4ccccc34)[C@H]1N2. The molecular weight excluding hydrogens is 324 g/mol. The van der Waals surface area contributed by atoms with Crippen molar-refractivity contribution in [1.29, 1.82) is 0 Å². The second-order valence-electron chi connectivity index (χ2n) is 6.06. The molecule has 2 N–H and O–H groups in total. The highest BCUT2D eigenvalue weighted by molar-refractivity contribution is 9.10. The highest BCUT2D eigenvalue weighted by Crippen LogP contribution is 2.51. The molecular formula is C18H15BrN2.